The molecule has 2 heterocycles. The number of fused-ring (bicyclic) bond motifs is 1. The van der Waals surface area contributed by atoms with Crippen molar-refractivity contribution in [2.75, 3.05) is 7.11 Å². The van der Waals surface area contributed by atoms with Crippen LogP contribution in [-0.2, 0) is 4.74 Å². The fourth-order valence-corrected chi connectivity index (χ4v) is 2.45. The second-order valence-electron chi connectivity index (χ2n) is 5.43. The lowest BCUT2D eigenvalue weighted by Gasteiger charge is -2.07. The highest BCUT2D eigenvalue weighted by Gasteiger charge is 2.23. The molecule has 0 saturated carbocycles. The summed E-state index contributed by atoms with van der Waals surface area (Å²) in [6, 6.07) is 7.71. The van der Waals surface area contributed by atoms with Gasteiger partial charge in [0.1, 0.15) is 5.82 Å². The molecule has 0 saturated heterocycles. The van der Waals surface area contributed by atoms with E-state index < -0.39 is 11.8 Å². The van der Waals surface area contributed by atoms with Gasteiger partial charge in [-0.2, -0.15) is 0 Å². The van der Waals surface area contributed by atoms with E-state index in [0.717, 1.165) is 0 Å². The van der Waals surface area contributed by atoms with Gasteiger partial charge in [-0.25, -0.2) is 14.2 Å². The van der Waals surface area contributed by atoms with E-state index in [-0.39, 0.29) is 22.8 Å². The maximum atomic E-state index is 14.0. The summed E-state index contributed by atoms with van der Waals surface area (Å²) < 4.78 is 24.1. The van der Waals surface area contributed by atoms with Crippen molar-refractivity contribution in [1.29, 1.82) is 0 Å². The first-order valence-electron chi connectivity index (χ1n) is 7.16. The third-order valence-electron chi connectivity index (χ3n) is 3.57. The second kappa shape index (κ2) is 5.79. The molecule has 0 aliphatic carbocycles. The van der Waals surface area contributed by atoms with Crippen molar-refractivity contribution in [2.24, 2.45) is 0 Å². The van der Waals surface area contributed by atoms with Gasteiger partial charge in [-0.3, -0.25) is 0 Å². The molecule has 0 spiro atoms. The average molecular weight is 314 g/mol. The number of halogens is 1. The lowest BCUT2D eigenvalue weighted by atomic mass is 10.0. The number of hydrogen-bond donors (Lipinski definition) is 0. The molecule has 2 aromatic heterocycles. The van der Waals surface area contributed by atoms with Gasteiger partial charge in [-0.05, 0) is 24.1 Å². The van der Waals surface area contributed by atoms with E-state index in [0.29, 0.717) is 16.8 Å². The van der Waals surface area contributed by atoms with Gasteiger partial charge < -0.3 is 9.26 Å². The first kappa shape index (κ1) is 15.1. The second-order valence-corrected chi connectivity index (χ2v) is 5.43. The molecule has 5 nitrogen and oxygen atoms in total. The highest BCUT2D eigenvalue weighted by Crippen LogP contribution is 2.31. The molecule has 0 aliphatic heterocycles. The fraction of sp³-hybridized carbons (Fsp3) is 0.235. The Balaban J connectivity index is 2.32. The SMILES string of the molecule is COC(=O)c1cc(-c2ccccc2F)nc2onc(C(C)C)c12. The van der Waals surface area contributed by atoms with Crippen molar-refractivity contribution in [2.45, 2.75) is 19.8 Å². The molecule has 3 rings (SSSR count). The molecule has 6 heteroatoms. The van der Waals surface area contributed by atoms with Gasteiger partial charge in [0.15, 0.2) is 0 Å². The van der Waals surface area contributed by atoms with E-state index in [9.17, 15) is 9.18 Å². The number of carbonyl (C=O) groups is 1. The zero-order valence-corrected chi connectivity index (χ0v) is 13.0. The van der Waals surface area contributed by atoms with Crippen LogP contribution in [0.25, 0.3) is 22.4 Å². The van der Waals surface area contributed by atoms with Crippen LogP contribution in [0, 0.1) is 5.82 Å². The van der Waals surface area contributed by atoms with E-state index in [2.05, 4.69) is 10.1 Å². The molecule has 0 radical (unpaired) electrons. The molecular weight excluding hydrogens is 299 g/mol. The summed E-state index contributed by atoms with van der Waals surface area (Å²) in [5.41, 5.74) is 1.65. The minimum Gasteiger partial charge on any atom is -0.465 e. The summed E-state index contributed by atoms with van der Waals surface area (Å²) in [5, 5.41) is 4.50. The molecule has 0 atom stereocenters. The average Bonchev–Trinajstić information content (AvgIpc) is 2.97. The zero-order valence-electron chi connectivity index (χ0n) is 13.0. The predicted molar refractivity (Wildman–Crippen MR) is 82.6 cm³/mol. The summed E-state index contributed by atoms with van der Waals surface area (Å²) >= 11 is 0. The lowest BCUT2D eigenvalue weighted by Crippen LogP contribution is -2.05. The Morgan fingerprint density at radius 2 is 2.04 bits per heavy atom. The number of aromatic nitrogens is 2. The third-order valence-corrected chi connectivity index (χ3v) is 3.57. The fourth-order valence-electron chi connectivity index (χ4n) is 2.45. The zero-order chi connectivity index (χ0) is 16.6. The number of hydrogen-bond acceptors (Lipinski definition) is 5. The summed E-state index contributed by atoms with van der Waals surface area (Å²) in [6.07, 6.45) is 0. The van der Waals surface area contributed by atoms with Gasteiger partial charge >= 0.3 is 5.97 Å². The third kappa shape index (κ3) is 2.56. The van der Waals surface area contributed by atoms with E-state index in [1.165, 1.54) is 19.2 Å². The van der Waals surface area contributed by atoms with Crippen molar-refractivity contribution in [3.63, 3.8) is 0 Å². The van der Waals surface area contributed by atoms with Crippen molar-refractivity contribution in [1.82, 2.24) is 10.1 Å². The number of methoxy groups -OCH3 is 1. The van der Waals surface area contributed by atoms with E-state index in [1.54, 1.807) is 18.2 Å². The van der Waals surface area contributed by atoms with E-state index >= 15 is 0 Å². The predicted octanol–water partition coefficient (Wildman–Crippen LogP) is 3.94. The molecule has 3 aromatic rings. The number of rotatable bonds is 3. The molecule has 0 N–H and O–H groups in total. The van der Waals surface area contributed by atoms with Gasteiger partial charge in [-0.1, -0.05) is 31.1 Å². The van der Waals surface area contributed by atoms with Gasteiger partial charge in [0.05, 0.1) is 29.4 Å². The van der Waals surface area contributed by atoms with Crippen molar-refractivity contribution in [3.05, 3.63) is 47.4 Å². The summed E-state index contributed by atoms with van der Waals surface area (Å²) in [6.45, 7) is 3.87. The van der Waals surface area contributed by atoms with Crippen molar-refractivity contribution < 1.29 is 18.4 Å². The lowest BCUT2D eigenvalue weighted by molar-refractivity contribution is 0.0603. The number of benzene rings is 1. The maximum absolute atomic E-state index is 14.0. The molecule has 1 aromatic carbocycles. The van der Waals surface area contributed by atoms with E-state index in [4.69, 9.17) is 9.26 Å². The Hall–Kier alpha value is -2.76. The Morgan fingerprint density at radius 3 is 2.70 bits per heavy atom. The minimum absolute atomic E-state index is 0.0424. The monoisotopic (exact) mass is 314 g/mol. The summed E-state index contributed by atoms with van der Waals surface area (Å²) in [4.78, 5) is 16.5. The number of pyridine rings is 1. The Kier molecular flexibility index (Phi) is 3.82. The van der Waals surface area contributed by atoms with Crippen molar-refractivity contribution >= 4 is 17.1 Å². The molecule has 0 fully saturated rings. The van der Waals surface area contributed by atoms with Crippen LogP contribution in [0.3, 0.4) is 0 Å². The number of esters is 1. The Labute approximate surface area is 132 Å². The van der Waals surface area contributed by atoms with E-state index in [1.807, 2.05) is 13.8 Å². The van der Waals surface area contributed by atoms with Crippen LogP contribution in [0.1, 0.15) is 35.8 Å². The Morgan fingerprint density at radius 1 is 1.30 bits per heavy atom. The number of ether oxygens (including phenoxy) is 1. The normalized spacial score (nSPS) is 11.2. The topological polar surface area (TPSA) is 65.2 Å². The summed E-state index contributed by atoms with van der Waals surface area (Å²) in [5.74, 6) is -0.931. The molecule has 0 bridgehead atoms. The maximum Gasteiger partial charge on any atom is 0.338 e. The standard InChI is InChI=1S/C17H15FN2O3/c1-9(2)15-14-11(17(21)22-3)8-13(19-16(14)23-20-15)10-6-4-5-7-12(10)18/h4-9H,1-3H3. The van der Waals surface area contributed by atoms with Crippen LogP contribution in [0.4, 0.5) is 4.39 Å². The summed E-state index contributed by atoms with van der Waals surface area (Å²) in [7, 11) is 1.29. The molecule has 118 valence electrons. The van der Waals surface area contributed by atoms with Gasteiger partial charge in [0.25, 0.3) is 5.71 Å². The molecule has 0 amide bonds. The first-order chi connectivity index (χ1) is 11.0. The van der Waals surface area contributed by atoms with Crippen LogP contribution >= 0.6 is 0 Å². The quantitative estimate of drug-likeness (QED) is 0.685. The highest BCUT2D eigenvalue weighted by atomic mass is 19.1. The molecule has 0 unspecified atom stereocenters. The van der Waals surface area contributed by atoms with Crippen LogP contribution in [0.2, 0.25) is 0 Å². The molecule has 23 heavy (non-hydrogen) atoms. The minimum atomic E-state index is -0.542. The number of carbonyl (C=O) groups excluding carboxylic acids is 1. The van der Waals surface area contributed by atoms with Crippen molar-refractivity contribution in [3.8, 4) is 11.3 Å². The first-order valence-corrected chi connectivity index (χ1v) is 7.16. The van der Waals surface area contributed by atoms with Crippen LogP contribution in [-0.4, -0.2) is 23.2 Å². The van der Waals surface area contributed by atoms with Crippen LogP contribution in [0.5, 0.6) is 0 Å². The highest BCUT2D eigenvalue weighted by molar-refractivity contribution is 6.04. The molecular formula is C17H15FN2O3. The molecule has 0 aliphatic rings. The van der Waals surface area contributed by atoms with Gasteiger partial charge in [0.2, 0.25) is 0 Å². The van der Waals surface area contributed by atoms with Gasteiger partial charge in [-0.15, -0.1) is 0 Å². The Bertz CT molecular complexity index is 887. The smallest absolute Gasteiger partial charge is 0.338 e. The van der Waals surface area contributed by atoms with Crippen LogP contribution < -0.4 is 0 Å². The van der Waals surface area contributed by atoms with Gasteiger partial charge in [0, 0.05) is 5.56 Å². The number of nitrogens with zero attached hydrogens (tertiary/aromatic N) is 2. The van der Waals surface area contributed by atoms with Crippen LogP contribution in [0.15, 0.2) is 34.9 Å². The largest absolute Gasteiger partial charge is 0.465 e.